The van der Waals surface area contributed by atoms with Gasteiger partial charge in [-0.3, -0.25) is 19.8 Å². The van der Waals surface area contributed by atoms with Crippen LogP contribution >= 0.6 is 0 Å². The Labute approximate surface area is 179 Å². The molecule has 31 heavy (non-hydrogen) atoms. The standard InChI is InChI=1S/C23H21N3O5/c1-14-7-6-8-15(11-14)25-22(24-18-10-5-4-9-16(18)23(25)27)17-12-20(30-2)21(31-3)13-19(17)26(28)29/h4-13,22,24H,1-3H3/t22-/m1/s1. The van der Waals surface area contributed by atoms with E-state index in [1.165, 1.54) is 25.2 Å². The molecule has 158 valence electrons. The molecule has 0 aliphatic carbocycles. The Kier molecular flexibility index (Phi) is 5.21. The number of nitrogens with zero attached hydrogens (tertiary/aromatic N) is 2. The van der Waals surface area contributed by atoms with Crippen molar-refractivity contribution >= 4 is 23.0 Å². The number of carbonyl (C=O) groups is 1. The van der Waals surface area contributed by atoms with Crippen LogP contribution in [-0.2, 0) is 0 Å². The molecule has 1 atom stereocenters. The molecule has 1 heterocycles. The highest BCUT2D eigenvalue weighted by Crippen LogP contribution is 2.43. The molecule has 1 amide bonds. The summed E-state index contributed by atoms with van der Waals surface area (Å²) in [6, 6.07) is 17.4. The summed E-state index contributed by atoms with van der Waals surface area (Å²) >= 11 is 0. The van der Waals surface area contributed by atoms with Crippen LogP contribution in [0, 0.1) is 17.0 Å². The second-order valence-corrected chi connectivity index (χ2v) is 7.13. The highest BCUT2D eigenvalue weighted by molar-refractivity contribution is 6.12. The molecule has 1 aliphatic rings. The maximum absolute atomic E-state index is 13.5. The Morgan fingerprint density at radius 2 is 1.71 bits per heavy atom. The molecule has 0 unspecified atom stereocenters. The molecule has 3 aromatic rings. The number of ether oxygens (including phenoxy) is 2. The number of amides is 1. The third-order valence-corrected chi connectivity index (χ3v) is 5.23. The van der Waals surface area contributed by atoms with E-state index in [0.29, 0.717) is 22.7 Å². The molecule has 4 rings (SSSR count). The van der Waals surface area contributed by atoms with Crippen LogP contribution < -0.4 is 19.7 Å². The van der Waals surface area contributed by atoms with E-state index >= 15 is 0 Å². The number of methoxy groups -OCH3 is 2. The molecule has 0 spiro atoms. The predicted octanol–water partition coefficient (Wildman–Crippen LogP) is 4.69. The molecule has 0 radical (unpaired) electrons. The van der Waals surface area contributed by atoms with Gasteiger partial charge in [0.2, 0.25) is 0 Å². The first-order valence-corrected chi connectivity index (χ1v) is 9.60. The second-order valence-electron chi connectivity index (χ2n) is 7.13. The van der Waals surface area contributed by atoms with Gasteiger partial charge in [0.1, 0.15) is 6.17 Å². The van der Waals surface area contributed by atoms with Gasteiger partial charge >= 0.3 is 0 Å². The zero-order valence-corrected chi connectivity index (χ0v) is 17.3. The van der Waals surface area contributed by atoms with Gasteiger partial charge in [-0.2, -0.15) is 0 Å². The SMILES string of the molecule is COc1cc([C@@H]2Nc3ccccc3C(=O)N2c2cccc(C)c2)c([N+](=O)[O-])cc1OC. The second kappa shape index (κ2) is 7.98. The number of hydrogen-bond donors (Lipinski definition) is 1. The number of carbonyl (C=O) groups excluding carboxylic acids is 1. The fourth-order valence-electron chi connectivity index (χ4n) is 3.78. The summed E-state index contributed by atoms with van der Waals surface area (Å²) in [6.45, 7) is 1.92. The minimum atomic E-state index is -0.829. The molecule has 1 N–H and O–H groups in total. The Balaban J connectivity index is 1.97. The molecular formula is C23H21N3O5. The van der Waals surface area contributed by atoms with Crippen molar-refractivity contribution in [3.8, 4) is 11.5 Å². The first-order valence-electron chi connectivity index (χ1n) is 9.60. The number of hydrogen-bond acceptors (Lipinski definition) is 6. The van der Waals surface area contributed by atoms with Crippen molar-refractivity contribution in [2.24, 2.45) is 0 Å². The van der Waals surface area contributed by atoms with Crippen molar-refractivity contribution in [3.63, 3.8) is 0 Å². The number of fused-ring (bicyclic) bond motifs is 1. The van der Waals surface area contributed by atoms with Gasteiger partial charge in [0.15, 0.2) is 11.5 Å². The topological polar surface area (TPSA) is 93.9 Å². The zero-order valence-electron chi connectivity index (χ0n) is 17.3. The summed E-state index contributed by atoms with van der Waals surface area (Å²) in [5.41, 5.74) is 2.78. The van der Waals surface area contributed by atoms with Gasteiger partial charge in [0, 0.05) is 11.4 Å². The Hall–Kier alpha value is -4.07. The fourth-order valence-corrected chi connectivity index (χ4v) is 3.78. The zero-order chi connectivity index (χ0) is 22.1. The van der Waals surface area contributed by atoms with Gasteiger partial charge in [0.25, 0.3) is 11.6 Å². The van der Waals surface area contributed by atoms with Crippen molar-refractivity contribution in [2.75, 3.05) is 24.4 Å². The van der Waals surface area contributed by atoms with Gasteiger partial charge in [-0.1, -0.05) is 24.3 Å². The maximum atomic E-state index is 13.5. The molecule has 0 saturated heterocycles. The van der Waals surface area contributed by atoms with Gasteiger partial charge in [-0.15, -0.1) is 0 Å². The highest BCUT2D eigenvalue weighted by Gasteiger charge is 2.38. The predicted molar refractivity (Wildman–Crippen MR) is 117 cm³/mol. The van der Waals surface area contributed by atoms with Crippen molar-refractivity contribution in [1.82, 2.24) is 0 Å². The van der Waals surface area contributed by atoms with Crippen LogP contribution in [0.1, 0.15) is 27.7 Å². The van der Waals surface area contributed by atoms with Crippen LogP contribution in [0.2, 0.25) is 0 Å². The molecule has 3 aromatic carbocycles. The summed E-state index contributed by atoms with van der Waals surface area (Å²) < 4.78 is 10.6. The average Bonchev–Trinajstić information content (AvgIpc) is 2.78. The van der Waals surface area contributed by atoms with Crippen molar-refractivity contribution < 1.29 is 19.2 Å². The van der Waals surface area contributed by atoms with E-state index in [4.69, 9.17) is 9.47 Å². The lowest BCUT2D eigenvalue weighted by atomic mass is 10.0. The van der Waals surface area contributed by atoms with E-state index in [9.17, 15) is 14.9 Å². The van der Waals surface area contributed by atoms with E-state index in [1.807, 2.05) is 31.2 Å². The summed E-state index contributed by atoms with van der Waals surface area (Å²) in [6.07, 6.45) is -0.829. The van der Waals surface area contributed by atoms with Gasteiger partial charge in [-0.05, 0) is 42.8 Å². The number of nitro groups is 1. The molecule has 0 aromatic heterocycles. The summed E-state index contributed by atoms with van der Waals surface area (Å²) in [5, 5.41) is 15.2. The van der Waals surface area contributed by atoms with E-state index in [-0.39, 0.29) is 22.9 Å². The van der Waals surface area contributed by atoms with Gasteiger partial charge < -0.3 is 14.8 Å². The summed E-state index contributed by atoms with van der Waals surface area (Å²) in [4.78, 5) is 26.5. The average molecular weight is 419 g/mol. The van der Waals surface area contributed by atoms with Gasteiger partial charge in [0.05, 0.1) is 36.3 Å². The summed E-state index contributed by atoms with van der Waals surface area (Å²) in [7, 11) is 2.87. The first kappa shape index (κ1) is 20.2. The fraction of sp³-hybridized carbons (Fsp3) is 0.174. The molecule has 1 aliphatic heterocycles. The van der Waals surface area contributed by atoms with Crippen LogP contribution in [0.25, 0.3) is 0 Å². The minimum Gasteiger partial charge on any atom is -0.493 e. The van der Waals surface area contributed by atoms with Crippen LogP contribution in [0.5, 0.6) is 11.5 Å². The smallest absolute Gasteiger partial charge is 0.280 e. The van der Waals surface area contributed by atoms with Crippen molar-refractivity contribution in [2.45, 2.75) is 13.1 Å². The van der Waals surface area contributed by atoms with Crippen LogP contribution in [-0.4, -0.2) is 25.1 Å². The van der Waals surface area contributed by atoms with Crippen molar-refractivity contribution in [1.29, 1.82) is 0 Å². The third kappa shape index (κ3) is 3.52. The van der Waals surface area contributed by atoms with Crippen LogP contribution in [0.4, 0.5) is 17.1 Å². The van der Waals surface area contributed by atoms with Crippen molar-refractivity contribution in [3.05, 3.63) is 87.5 Å². The van der Waals surface area contributed by atoms with E-state index < -0.39 is 11.1 Å². The first-order chi connectivity index (χ1) is 14.9. The lowest BCUT2D eigenvalue weighted by molar-refractivity contribution is -0.385. The van der Waals surface area contributed by atoms with E-state index in [2.05, 4.69) is 5.32 Å². The summed E-state index contributed by atoms with van der Waals surface area (Å²) in [5.74, 6) is 0.317. The van der Waals surface area contributed by atoms with E-state index in [1.54, 1.807) is 30.3 Å². The number of nitro benzene ring substituents is 1. The van der Waals surface area contributed by atoms with Gasteiger partial charge in [-0.25, -0.2) is 0 Å². The molecule has 0 bridgehead atoms. The number of benzene rings is 3. The van der Waals surface area contributed by atoms with Crippen LogP contribution in [0.15, 0.2) is 60.7 Å². The Morgan fingerprint density at radius 1 is 1.00 bits per heavy atom. The van der Waals surface area contributed by atoms with E-state index in [0.717, 1.165) is 5.56 Å². The minimum absolute atomic E-state index is 0.181. The monoisotopic (exact) mass is 419 g/mol. The number of aryl methyl sites for hydroxylation is 1. The molecular weight excluding hydrogens is 398 g/mol. The Bertz CT molecular complexity index is 1180. The normalized spacial score (nSPS) is 15.1. The lowest BCUT2D eigenvalue weighted by Crippen LogP contribution is -2.43. The number of rotatable bonds is 5. The number of para-hydroxylation sites is 1. The quantitative estimate of drug-likeness (QED) is 0.476. The Morgan fingerprint density at radius 3 is 2.39 bits per heavy atom. The molecule has 8 nitrogen and oxygen atoms in total. The number of anilines is 2. The van der Waals surface area contributed by atoms with Crippen LogP contribution in [0.3, 0.4) is 0 Å². The molecule has 8 heteroatoms. The maximum Gasteiger partial charge on any atom is 0.280 e. The largest absolute Gasteiger partial charge is 0.493 e. The molecule has 0 saturated carbocycles. The highest BCUT2D eigenvalue weighted by atomic mass is 16.6. The molecule has 0 fully saturated rings. The number of nitrogens with one attached hydrogen (secondary N) is 1. The lowest BCUT2D eigenvalue weighted by Gasteiger charge is -2.38. The third-order valence-electron chi connectivity index (χ3n) is 5.23.